The second-order valence-corrected chi connectivity index (χ2v) is 9.56. The smallest absolute Gasteiger partial charge is 0.248 e. The molecular formula is C26H26F2N6O3. The van der Waals surface area contributed by atoms with Crippen LogP contribution in [0.3, 0.4) is 0 Å². The average molecular weight is 509 g/mol. The molecule has 0 amide bonds. The Bertz CT molecular complexity index is 1480. The van der Waals surface area contributed by atoms with Crippen molar-refractivity contribution in [2.75, 3.05) is 20.3 Å². The van der Waals surface area contributed by atoms with Crippen LogP contribution in [-0.4, -0.2) is 56.9 Å². The van der Waals surface area contributed by atoms with Gasteiger partial charge in [-0.3, -0.25) is 4.99 Å². The molecule has 1 aromatic carbocycles. The summed E-state index contributed by atoms with van der Waals surface area (Å²) in [5.74, 6) is -0.666. The number of alkyl halides is 2. The predicted molar refractivity (Wildman–Crippen MR) is 132 cm³/mol. The zero-order chi connectivity index (χ0) is 25.4. The Hall–Kier alpha value is -3.73. The highest BCUT2D eigenvalue weighted by Crippen LogP contribution is 2.40. The normalized spacial score (nSPS) is 20.0. The van der Waals surface area contributed by atoms with E-state index in [1.54, 1.807) is 17.7 Å². The minimum absolute atomic E-state index is 0.0317. The molecule has 0 N–H and O–H groups in total. The van der Waals surface area contributed by atoms with E-state index in [-0.39, 0.29) is 37.9 Å². The molecule has 1 saturated carbocycles. The lowest BCUT2D eigenvalue weighted by Crippen LogP contribution is -2.30. The van der Waals surface area contributed by atoms with Gasteiger partial charge in [-0.25, -0.2) is 8.78 Å². The van der Waals surface area contributed by atoms with Crippen LogP contribution in [0.1, 0.15) is 31.4 Å². The van der Waals surface area contributed by atoms with E-state index in [1.165, 1.54) is 0 Å². The molecule has 0 radical (unpaired) electrons. The molecule has 4 aromatic rings. The van der Waals surface area contributed by atoms with Gasteiger partial charge in [0, 0.05) is 43.3 Å². The highest BCUT2D eigenvalue weighted by atomic mass is 19.3. The van der Waals surface area contributed by atoms with Gasteiger partial charge in [0.1, 0.15) is 13.2 Å². The lowest BCUT2D eigenvalue weighted by atomic mass is 9.78. The monoisotopic (exact) mass is 508 g/mol. The van der Waals surface area contributed by atoms with E-state index in [1.807, 2.05) is 30.3 Å². The van der Waals surface area contributed by atoms with Gasteiger partial charge in [-0.05, 0) is 36.8 Å². The number of methoxy groups -OCH3 is 1. The van der Waals surface area contributed by atoms with Gasteiger partial charge in [0.15, 0.2) is 17.1 Å². The van der Waals surface area contributed by atoms with Crippen LogP contribution in [0, 0.1) is 11.8 Å². The Morgan fingerprint density at radius 3 is 2.68 bits per heavy atom. The number of benzene rings is 1. The van der Waals surface area contributed by atoms with Gasteiger partial charge in [0.25, 0.3) is 0 Å². The third kappa shape index (κ3) is 4.71. The molecule has 1 aliphatic carbocycles. The first-order valence-electron chi connectivity index (χ1n) is 12.3. The number of dihydropyridines is 1. The number of nitrogens with zero attached hydrogens (tertiary/aromatic N) is 6. The molecule has 3 aromatic heterocycles. The molecule has 1 aliphatic heterocycles. The molecule has 1 fully saturated rings. The number of hydrogen-bond acceptors (Lipinski definition) is 8. The standard InChI is InChI=1S/C26H26F2N6O3/c1-35-15-19-12-22(33-37-19)24-31-30-23-20-4-2-3-5-21(20)25(32-34(23)24)36-14-18-7-6-17(13-29-18)16-8-10-26(27,28)11-9-16/h2-7,12,16-17H,8-11,13-15H2,1H3. The molecule has 0 bridgehead atoms. The van der Waals surface area contributed by atoms with E-state index < -0.39 is 5.92 Å². The molecule has 0 spiro atoms. The van der Waals surface area contributed by atoms with Crippen molar-refractivity contribution in [3.05, 3.63) is 48.2 Å². The molecule has 1 unspecified atom stereocenters. The summed E-state index contributed by atoms with van der Waals surface area (Å²) in [7, 11) is 1.58. The number of aromatic nitrogens is 5. The Labute approximate surface area is 211 Å². The summed E-state index contributed by atoms with van der Waals surface area (Å²) in [6.07, 6.45) is 5.05. The fraction of sp³-hybridized carbons (Fsp3) is 0.423. The van der Waals surface area contributed by atoms with Crippen molar-refractivity contribution in [3.8, 4) is 17.4 Å². The first kappa shape index (κ1) is 23.7. The number of halogens is 2. The molecule has 37 heavy (non-hydrogen) atoms. The minimum atomic E-state index is -2.52. The third-order valence-electron chi connectivity index (χ3n) is 7.07. The van der Waals surface area contributed by atoms with Gasteiger partial charge >= 0.3 is 0 Å². The van der Waals surface area contributed by atoms with Gasteiger partial charge < -0.3 is 14.0 Å². The van der Waals surface area contributed by atoms with Crippen molar-refractivity contribution in [1.29, 1.82) is 0 Å². The molecule has 2 aliphatic rings. The van der Waals surface area contributed by atoms with Gasteiger partial charge in [0.05, 0.1) is 5.71 Å². The summed E-state index contributed by atoms with van der Waals surface area (Å²) in [5, 5.41) is 19.0. The van der Waals surface area contributed by atoms with Gasteiger partial charge in [0.2, 0.25) is 17.6 Å². The fourth-order valence-corrected chi connectivity index (χ4v) is 5.05. The fourth-order valence-electron chi connectivity index (χ4n) is 5.05. The molecular weight excluding hydrogens is 482 g/mol. The summed E-state index contributed by atoms with van der Waals surface area (Å²) in [5.41, 5.74) is 1.84. The van der Waals surface area contributed by atoms with E-state index in [2.05, 4.69) is 31.5 Å². The Morgan fingerprint density at radius 2 is 1.92 bits per heavy atom. The molecule has 1 atom stereocenters. The topological polar surface area (TPSA) is 99.9 Å². The molecule has 6 rings (SSSR count). The first-order valence-corrected chi connectivity index (χ1v) is 12.3. The van der Waals surface area contributed by atoms with Crippen molar-refractivity contribution in [2.24, 2.45) is 16.8 Å². The first-order chi connectivity index (χ1) is 18.0. The maximum atomic E-state index is 13.5. The lowest BCUT2D eigenvalue weighted by Gasteiger charge is -2.32. The highest BCUT2D eigenvalue weighted by molar-refractivity contribution is 5.99. The zero-order valence-electron chi connectivity index (χ0n) is 20.3. The van der Waals surface area contributed by atoms with Crippen LogP contribution in [0.5, 0.6) is 5.88 Å². The maximum absolute atomic E-state index is 13.5. The van der Waals surface area contributed by atoms with E-state index in [0.717, 1.165) is 16.5 Å². The van der Waals surface area contributed by atoms with E-state index in [9.17, 15) is 8.78 Å². The Kier molecular flexibility index (Phi) is 6.15. The zero-order valence-corrected chi connectivity index (χ0v) is 20.3. The van der Waals surface area contributed by atoms with Crippen LogP contribution in [0.25, 0.3) is 27.9 Å². The number of hydrogen-bond donors (Lipinski definition) is 0. The maximum Gasteiger partial charge on any atom is 0.248 e. The van der Waals surface area contributed by atoms with Crippen molar-refractivity contribution in [3.63, 3.8) is 0 Å². The largest absolute Gasteiger partial charge is 0.470 e. The van der Waals surface area contributed by atoms with E-state index in [0.29, 0.717) is 48.2 Å². The highest BCUT2D eigenvalue weighted by Gasteiger charge is 2.37. The number of aliphatic imine (C=N–C) groups is 1. The summed E-state index contributed by atoms with van der Waals surface area (Å²) in [4.78, 5) is 4.68. The second kappa shape index (κ2) is 9.62. The van der Waals surface area contributed by atoms with E-state index >= 15 is 0 Å². The third-order valence-corrected chi connectivity index (χ3v) is 7.07. The minimum Gasteiger partial charge on any atom is -0.470 e. The van der Waals surface area contributed by atoms with Gasteiger partial charge in [-0.15, -0.1) is 15.3 Å². The molecule has 192 valence electrons. The average Bonchev–Trinajstić information content (AvgIpc) is 3.55. The van der Waals surface area contributed by atoms with Gasteiger partial charge in [-0.1, -0.05) is 29.4 Å². The SMILES string of the molecule is COCc1cc(-c2nnc3c4ccccc4c(OCC4=NCC(C5CCC(F)(F)CC5)C=C4)nn23)no1. The van der Waals surface area contributed by atoms with Crippen molar-refractivity contribution < 1.29 is 22.8 Å². The molecule has 4 heterocycles. The quantitative estimate of drug-likeness (QED) is 0.350. The summed E-state index contributed by atoms with van der Waals surface area (Å²) in [6, 6.07) is 9.43. The van der Waals surface area contributed by atoms with E-state index in [4.69, 9.17) is 14.0 Å². The Morgan fingerprint density at radius 1 is 1.11 bits per heavy atom. The Balaban J connectivity index is 1.22. The summed E-state index contributed by atoms with van der Waals surface area (Å²) >= 11 is 0. The van der Waals surface area contributed by atoms with Crippen LogP contribution < -0.4 is 4.74 Å². The van der Waals surface area contributed by atoms with Crippen molar-refractivity contribution in [2.45, 2.75) is 38.2 Å². The molecule has 0 saturated heterocycles. The van der Waals surface area contributed by atoms with Crippen LogP contribution in [0.2, 0.25) is 0 Å². The molecule has 9 nitrogen and oxygen atoms in total. The number of fused-ring (bicyclic) bond motifs is 3. The summed E-state index contributed by atoms with van der Waals surface area (Å²) in [6.45, 7) is 1.11. The van der Waals surface area contributed by atoms with Crippen LogP contribution in [-0.2, 0) is 11.3 Å². The van der Waals surface area contributed by atoms with Crippen molar-refractivity contribution in [1.82, 2.24) is 25.0 Å². The predicted octanol–water partition coefficient (Wildman–Crippen LogP) is 4.91. The lowest BCUT2D eigenvalue weighted by molar-refractivity contribution is -0.0496. The summed E-state index contributed by atoms with van der Waals surface area (Å²) < 4.78 is 45.2. The second-order valence-electron chi connectivity index (χ2n) is 9.56. The van der Waals surface area contributed by atoms with Crippen LogP contribution >= 0.6 is 0 Å². The van der Waals surface area contributed by atoms with Crippen LogP contribution in [0.15, 0.2) is 52.0 Å². The van der Waals surface area contributed by atoms with Crippen molar-refractivity contribution >= 4 is 22.1 Å². The van der Waals surface area contributed by atoms with Crippen LogP contribution in [0.4, 0.5) is 8.78 Å². The molecule has 11 heteroatoms. The number of ether oxygens (including phenoxy) is 2. The van der Waals surface area contributed by atoms with Gasteiger partial charge in [-0.2, -0.15) is 4.52 Å². The number of rotatable bonds is 7.